The Labute approximate surface area is 207 Å². The maximum Gasteiger partial charge on any atom is 0.160 e. The predicted octanol–water partition coefficient (Wildman–Crippen LogP) is 4.31. The highest BCUT2D eigenvalue weighted by molar-refractivity contribution is 5.53. The van der Waals surface area contributed by atoms with Crippen LogP contribution in [0.1, 0.15) is 43.4 Å². The SMILES string of the molecule is COc1cc(C2c3cc(O)c(OC)cc3C[C@@H](CO)[C@@H]2CO[C@@H]2OC[C@@H](C)[C@H](C)[C@H]2C)ccc1O. The Morgan fingerprint density at radius 3 is 2.34 bits per heavy atom. The standard InChI is InChI=1S/C28H38O7/c1-15-13-34-28(17(3)16(15)2)35-14-22-20(12-29)8-19-10-26(33-5)24(31)11-21(19)27(22)18-6-7-23(30)25(9-18)32-4/h6-7,9-11,15-17,20,22,27-31H,8,12-14H2,1-5H3/t15-,16+,17-,20+,22+,27?,28+/m1/s1. The largest absolute Gasteiger partial charge is 0.504 e. The first-order valence-corrected chi connectivity index (χ1v) is 12.4. The molecule has 1 unspecified atom stereocenters. The number of ether oxygens (including phenoxy) is 4. The number of hydrogen-bond donors (Lipinski definition) is 3. The molecule has 7 atom stereocenters. The van der Waals surface area contributed by atoms with E-state index in [1.165, 1.54) is 14.2 Å². The smallest absolute Gasteiger partial charge is 0.160 e. The highest BCUT2D eigenvalue weighted by Crippen LogP contribution is 2.48. The number of aliphatic hydroxyl groups is 1. The fraction of sp³-hybridized carbons (Fsp3) is 0.571. The molecule has 1 aliphatic heterocycles. The summed E-state index contributed by atoms with van der Waals surface area (Å²) >= 11 is 0. The number of phenolic OH excluding ortho intramolecular Hbond substituents is 2. The predicted molar refractivity (Wildman–Crippen MR) is 132 cm³/mol. The van der Waals surface area contributed by atoms with Crippen LogP contribution in [0.2, 0.25) is 0 Å². The van der Waals surface area contributed by atoms with E-state index in [4.69, 9.17) is 18.9 Å². The van der Waals surface area contributed by atoms with Gasteiger partial charge in [-0.05, 0) is 71.0 Å². The average Bonchev–Trinajstić information content (AvgIpc) is 2.86. The fourth-order valence-corrected chi connectivity index (χ4v) is 5.66. The van der Waals surface area contributed by atoms with Gasteiger partial charge in [0.1, 0.15) is 0 Å². The fourth-order valence-electron chi connectivity index (χ4n) is 5.66. The number of benzene rings is 2. The second-order valence-electron chi connectivity index (χ2n) is 10.2. The van der Waals surface area contributed by atoms with E-state index in [1.54, 1.807) is 12.1 Å². The number of hydrogen-bond acceptors (Lipinski definition) is 7. The average molecular weight is 487 g/mol. The minimum absolute atomic E-state index is 0.00308. The van der Waals surface area contributed by atoms with Crippen LogP contribution in [-0.4, -0.2) is 55.6 Å². The molecule has 1 aliphatic carbocycles. The maximum absolute atomic E-state index is 10.6. The Balaban J connectivity index is 1.73. The summed E-state index contributed by atoms with van der Waals surface area (Å²) in [6.45, 7) is 7.66. The van der Waals surface area contributed by atoms with Crippen LogP contribution in [0.25, 0.3) is 0 Å². The van der Waals surface area contributed by atoms with Crippen molar-refractivity contribution < 1.29 is 34.3 Å². The number of phenols is 2. The van der Waals surface area contributed by atoms with Crippen molar-refractivity contribution in [2.45, 2.75) is 39.4 Å². The van der Waals surface area contributed by atoms with Gasteiger partial charge in [0.15, 0.2) is 29.3 Å². The van der Waals surface area contributed by atoms with Crippen molar-refractivity contribution >= 4 is 0 Å². The van der Waals surface area contributed by atoms with Gasteiger partial charge in [-0.3, -0.25) is 0 Å². The molecule has 2 aromatic carbocycles. The second-order valence-corrected chi connectivity index (χ2v) is 10.2. The van der Waals surface area contributed by atoms with Crippen LogP contribution in [0, 0.1) is 29.6 Å². The number of methoxy groups -OCH3 is 2. The molecule has 192 valence electrons. The number of aliphatic hydroxyl groups excluding tert-OH is 1. The topological polar surface area (TPSA) is 97.6 Å². The summed E-state index contributed by atoms with van der Waals surface area (Å²) < 4.78 is 23.2. The first-order chi connectivity index (χ1) is 16.8. The summed E-state index contributed by atoms with van der Waals surface area (Å²) in [6.07, 6.45) is 0.331. The zero-order chi connectivity index (χ0) is 25.3. The van der Waals surface area contributed by atoms with Crippen molar-refractivity contribution in [3.8, 4) is 23.0 Å². The molecule has 0 radical (unpaired) electrons. The van der Waals surface area contributed by atoms with Gasteiger partial charge in [0.2, 0.25) is 0 Å². The van der Waals surface area contributed by atoms with Crippen molar-refractivity contribution in [1.29, 1.82) is 0 Å². The van der Waals surface area contributed by atoms with Crippen molar-refractivity contribution in [3.05, 3.63) is 47.0 Å². The van der Waals surface area contributed by atoms with E-state index >= 15 is 0 Å². The lowest BCUT2D eigenvalue weighted by molar-refractivity contribution is -0.223. The Bertz CT molecular complexity index is 1020. The minimum Gasteiger partial charge on any atom is -0.504 e. The van der Waals surface area contributed by atoms with Crippen LogP contribution in [0.4, 0.5) is 0 Å². The third-order valence-corrected chi connectivity index (χ3v) is 8.22. The highest BCUT2D eigenvalue weighted by Gasteiger charge is 2.40. The number of aromatic hydroxyl groups is 2. The summed E-state index contributed by atoms with van der Waals surface area (Å²) in [5.74, 6) is 1.77. The first-order valence-electron chi connectivity index (χ1n) is 12.4. The Hall–Kier alpha value is -2.48. The van der Waals surface area contributed by atoms with E-state index in [0.29, 0.717) is 43.0 Å². The quantitative estimate of drug-likeness (QED) is 0.537. The van der Waals surface area contributed by atoms with Gasteiger partial charge < -0.3 is 34.3 Å². The van der Waals surface area contributed by atoms with Crippen LogP contribution in [0.5, 0.6) is 23.0 Å². The lowest BCUT2D eigenvalue weighted by Crippen LogP contribution is -2.43. The molecule has 4 rings (SSSR count). The molecule has 2 aliphatic rings. The summed E-state index contributed by atoms with van der Waals surface area (Å²) in [5.41, 5.74) is 2.88. The van der Waals surface area contributed by atoms with Gasteiger partial charge in [0, 0.05) is 18.4 Å². The van der Waals surface area contributed by atoms with Crippen LogP contribution in [0.15, 0.2) is 30.3 Å². The van der Waals surface area contributed by atoms with Crippen LogP contribution < -0.4 is 9.47 Å². The monoisotopic (exact) mass is 486 g/mol. The molecule has 1 fully saturated rings. The van der Waals surface area contributed by atoms with Crippen molar-refractivity contribution in [1.82, 2.24) is 0 Å². The molecule has 1 saturated heterocycles. The van der Waals surface area contributed by atoms with Gasteiger partial charge >= 0.3 is 0 Å². The summed E-state index contributed by atoms with van der Waals surface area (Å²) in [6, 6.07) is 8.91. The van der Waals surface area contributed by atoms with Gasteiger partial charge in [-0.2, -0.15) is 0 Å². The molecule has 2 aromatic rings. The maximum atomic E-state index is 10.6. The van der Waals surface area contributed by atoms with Gasteiger partial charge in [-0.15, -0.1) is 0 Å². The van der Waals surface area contributed by atoms with Gasteiger partial charge in [-0.25, -0.2) is 0 Å². The lowest BCUT2D eigenvalue weighted by Gasteiger charge is -2.42. The molecule has 3 N–H and O–H groups in total. The molecule has 0 saturated carbocycles. The molecule has 0 spiro atoms. The minimum atomic E-state index is -0.304. The number of fused-ring (bicyclic) bond motifs is 1. The van der Waals surface area contributed by atoms with E-state index in [9.17, 15) is 15.3 Å². The summed E-state index contributed by atoms with van der Waals surface area (Å²) in [5, 5.41) is 31.2. The van der Waals surface area contributed by atoms with Crippen LogP contribution in [-0.2, 0) is 15.9 Å². The Kier molecular flexibility index (Phi) is 7.79. The first kappa shape index (κ1) is 25.6. The molecule has 0 amide bonds. The molecular weight excluding hydrogens is 448 g/mol. The van der Waals surface area contributed by atoms with Crippen molar-refractivity contribution in [2.24, 2.45) is 29.6 Å². The van der Waals surface area contributed by atoms with E-state index < -0.39 is 0 Å². The van der Waals surface area contributed by atoms with Gasteiger partial charge in [0.05, 0.1) is 27.4 Å². The third-order valence-electron chi connectivity index (χ3n) is 8.22. The zero-order valence-electron chi connectivity index (χ0n) is 21.2. The normalized spacial score (nSPS) is 30.5. The Morgan fingerprint density at radius 2 is 1.66 bits per heavy atom. The van der Waals surface area contributed by atoms with E-state index in [-0.39, 0.29) is 48.1 Å². The zero-order valence-corrected chi connectivity index (χ0v) is 21.2. The highest BCUT2D eigenvalue weighted by atomic mass is 16.7. The van der Waals surface area contributed by atoms with Crippen LogP contribution in [0.3, 0.4) is 0 Å². The molecular formula is C28H38O7. The second kappa shape index (κ2) is 10.6. The van der Waals surface area contributed by atoms with Crippen molar-refractivity contribution in [3.63, 3.8) is 0 Å². The summed E-state index contributed by atoms with van der Waals surface area (Å²) in [4.78, 5) is 0. The van der Waals surface area contributed by atoms with E-state index in [2.05, 4.69) is 20.8 Å². The van der Waals surface area contributed by atoms with Crippen molar-refractivity contribution in [2.75, 3.05) is 34.0 Å². The van der Waals surface area contributed by atoms with E-state index in [0.717, 1.165) is 16.7 Å². The lowest BCUT2D eigenvalue weighted by atomic mass is 9.67. The molecule has 1 heterocycles. The molecule has 0 bridgehead atoms. The molecule has 7 heteroatoms. The molecule has 35 heavy (non-hydrogen) atoms. The van der Waals surface area contributed by atoms with E-state index in [1.807, 2.05) is 18.2 Å². The molecule has 0 aromatic heterocycles. The molecule has 7 nitrogen and oxygen atoms in total. The number of rotatable bonds is 7. The third kappa shape index (κ3) is 4.95. The summed E-state index contributed by atoms with van der Waals surface area (Å²) in [7, 11) is 3.05. The van der Waals surface area contributed by atoms with Crippen LogP contribution >= 0.6 is 0 Å². The van der Waals surface area contributed by atoms with Gasteiger partial charge in [0.25, 0.3) is 0 Å². The Morgan fingerprint density at radius 1 is 0.943 bits per heavy atom. The van der Waals surface area contributed by atoms with Gasteiger partial charge in [-0.1, -0.05) is 26.8 Å².